The highest BCUT2D eigenvalue weighted by molar-refractivity contribution is 6.34. The average Bonchev–Trinajstić information content (AvgIpc) is 2.57. The first-order valence-electron chi connectivity index (χ1n) is 4.52. The molecule has 5 heteroatoms. The molecule has 1 N–H and O–H groups in total. The van der Waals surface area contributed by atoms with Gasteiger partial charge in [0.25, 0.3) is 0 Å². The van der Waals surface area contributed by atoms with Gasteiger partial charge in [-0.05, 0) is 19.1 Å². The van der Waals surface area contributed by atoms with E-state index in [1.54, 1.807) is 22.9 Å². The summed E-state index contributed by atoms with van der Waals surface area (Å²) in [6.45, 7) is 2.42. The van der Waals surface area contributed by atoms with Crippen molar-refractivity contribution in [2.75, 3.05) is 0 Å². The monoisotopic (exact) mass is 224 g/mol. The minimum Gasteiger partial charge on any atom is -0.477 e. The van der Waals surface area contributed by atoms with E-state index in [4.69, 9.17) is 16.7 Å². The highest BCUT2D eigenvalue weighted by atomic mass is 35.5. The maximum absolute atomic E-state index is 11.0. The SMILES string of the molecule is CCn1c(C(=O)O)cc2ccnc(Cl)c21. The maximum atomic E-state index is 11.0. The molecule has 0 saturated carbocycles. The molecule has 0 aromatic carbocycles. The lowest BCUT2D eigenvalue weighted by Gasteiger charge is -2.04. The van der Waals surface area contributed by atoms with Gasteiger partial charge in [0.05, 0.1) is 5.52 Å². The van der Waals surface area contributed by atoms with Crippen LogP contribution in [-0.4, -0.2) is 20.6 Å². The minimum atomic E-state index is -0.955. The Morgan fingerprint density at radius 3 is 3.00 bits per heavy atom. The molecule has 0 unspecified atom stereocenters. The standard InChI is InChI=1S/C10H9ClN2O2/c1-2-13-7(10(14)15)5-6-3-4-12-9(11)8(6)13/h3-5H,2H2,1H3,(H,14,15). The normalized spacial score (nSPS) is 10.8. The molecular formula is C10H9ClN2O2. The number of pyridine rings is 1. The zero-order valence-electron chi connectivity index (χ0n) is 8.07. The van der Waals surface area contributed by atoms with Crippen LogP contribution in [0.2, 0.25) is 5.15 Å². The number of aryl methyl sites for hydroxylation is 1. The number of rotatable bonds is 2. The molecule has 0 aliphatic carbocycles. The number of nitrogens with zero attached hydrogens (tertiary/aromatic N) is 2. The first-order chi connectivity index (χ1) is 7.15. The van der Waals surface area contributed by atoms with Crippen LogP contribution in [0, 0.1) is 0 Å². The predicted molar refractivity (Wildman–Crippen MR) is 57.4 cm³/mol. The number of carbonyl (C=O) groups is 1. The van der Waals surface area contributed by atoms with Crippen molar-refractivity contribution >= 4 is 28.5 Å². The third-order valence-corrected chi connectivity index (χ3v) is 2.58. The zero-order valence-corrected chi connectivity index (χ0v) is 8.82. The van der Waals surface area contributed by atoms with Gasteiger partial charge in [-0.1, -0.05) is 11.6 Å². The molecule has 0 fully saturated rings. The van der Waals surface area contributed by atoms with Crippen molar-refractivity contribution in [2.45, 2.75) is 13.5 Å². The summed E-state index contributed by atoms with van der Waals surface area (Å²) in [5.74, 6) is -0.955. The van der Waals surface area contributed by atoms with Crippen LogP contribution < -0.4 is 0 Å². The largest absolute Gasteiger partial charge is 0.477 e. The average molecular weight is 225 g/mol. The molecule has 2 rings (SSSR count). The molecule has 2 heterocycles. The Morgan fingerprint density at radius 2 is 2.40 bits per heavy atom. The van der Waals surface area contributed by atoms with Gasteiger partial charge in [-0.25, -0.2) is 9.78 Å². The number of hydrogen-bond acceptors (Lipinski definition) is 2. The summed E-state index contributed by atoms with van der Waals surface area (Å²) in [5.41, 5.74) is 0.918. The van der Waals surface area contributed by atoms with E-state index in [9.17, 15) is 4.79 Å². The first-order valence-corrected chi connectivity index (χ1v) is 4.90. The van der Waals surface area contributed by atoms with E-state index < -0.39 is 5.97 Å². The summed E-state index contributed by atoms with van der Waals surface area (Å²) < 4.78 is 1.65. The summed E-state index contributed by atoms with van der Waals surface area (Å²) in [6, 6.07) is 3.36. The topological polar surface area (TPSA) is 55.1 Å². The Kier molecular flexibility index (Phi) is 2.36. The Morgan fingerprint density at radius 1 is 1.67 bits per heavy atom. The van der Waals surface area contributed by atoms with Gasteiger partial charge in [0.2, 0.25) is 0 Å². The highest BCUT2D eigenvalue weighted by Gasteiger charge is 2.15. The second kappa shape index (κ2) is 3.55. The Labute approximate surface area is 91.1 Å². The molecule has 0 atom stereocenters. The third kappa shape index (κ3) is 1.47. The maximum Gasteiger partial charge on any atom is 0.352 e. The van der Waals surface area contributed by atoms with Crippen LogP contribution in [0.15, 0.2) is 18.3 Å². The smallest absolute Gasteiger partial charge is 0.352 e. The number of carboxylic acid groups (broad SMARTS) is 1. The van der Waals surface area contributed by atoms with Crippen LogP contribution in [-0.2, 0) is 6.54 Å². The van der Waals surface area contributed by atoms with Gasteiger partial charge in [0.1, 0.15) is 5.69 Å². The molecule has 78 valence electrons. The number of aromatic carboxylic acids is 1. The van der Waals surface area contributed by atoms with E-state index in [1.165, 1.54) is 0 Å². The zero-order chi connectivity index (χ0) is 11.0. The number of carboxylic acids is 1. The van der Waals surface area contributed by atoms with Crippen molar-refractivity contribution in [1.29, 1.82) is 0 Å². The van der Waals surface area contributed by atoms with E-state index in [-0.39, 0.29) is 5.69 Å². The fourth-order valence-corrected chi connectivity index (χ4v) is 1.94. The molecule has 2 aromatic rings. The Bertz CT molecular complexity index is 533. The molecule has 0 saturated heterocycles. The minimum absolute atomic E-state index is 0.238. The van der Waals surface area contributed by atoms with Crippen LogP contribution in [0.5, 0.6) is 0 Å². The molecule has 15 heavy (non-hydrogen) atoms. The number of halogens is 1. The van der Waals surface area contributed by atoms with Gasteiger partial charge in [-0.2, -0.15) is 0 Å². The molecule has 0 aliphatic rings. The first kappa shape index (κ1) is 9.98. The summed E-state index contributed by atoms with van der Waals surface area (Å²) in [6.07, 6.45) is 1.57. The predicted octanol–water partition coefficient (Wildman–Crippen LogP) is 2.41. The summed E-state index contributed by atoms with van der Waals surface area (Å²) in [4.78, 5) is 14.9. The van der Waals surface area contributed by atoms with E-state index in [0.29, 0.717) is 17.2 Å². The molecule has 4 nitrogen and oxygen atoms in total. The third-order valence-electron chi connectivity index (χ3n) is 2.30. The molecular weight excluding hydrogens is 216 g/mol. The van der Waals surface area contributed by atoms with Crippen LogP contribution in [0.4, 0.5) is 0 Å². The summed E-state index contributed by atoms with van der Waals surface area (Å²) in [5, 5.41) is 10.1. The van der Waals surface area contributed by atoms with Crippen molar-refractivity contribution in [3.63, 3.8) is 0 Å². The van der Waals surface area contributed by atoms with Crippen molar-refractivity contribution < 1.29 is 9.90 Å². The fraction of sp³-hybridized carbons (Fsp3) is 0.200. The quantitative estimate of drug-likeness (QED) is 0.797. The van der Waals surface area contributed by atoms with Crippen LogP contribution >= 0.6 is 11.6 Å². The van der Waals surface area contributed by atoms with E-state index in [1.807, 2.05) is 6.92 Å². The van der Waals surface area contributed by atoms with Gasteiger partial charge in [-0.15, -0.1) is 0 Å². The second-order valence-electron chi connectivity index (χ2n) is 3.12. The molecule has 0 radical (unpaired) electrons. The van der Waals surface area contributed by atoms with Crippen LogP contribution in [0.25, 0.3) is 10.9 Å². The molecule has 0 amide bonds. The van der Waals surface area contributed by atoms with Crippen LogP contribution in [0.1, 0.15) is 17.4 Å². The fourth-order valence-electron chi connectivity index (χ4n) is 1.68. The number of aromatic nitrogens is 2. The Hall–Kier alpha value is -1.55. The lowest BCUT2D eigenvalue weighted by Crippen LogP contribution is -2.06. The van der Waals surface area contributed by atoms with E-state index >= 15 is 0 Å². The van der Waals surface area contributed by atoms with Crippen molar-refractivity contribution in [2.24, 2.45) is 0 Å². The van der Waals surface area contributed by atoms with Crippen LogP contribution in [0.3, 0.4) is 0 Å². The van der Waals surface area contributed by atoms with Gasteiger partial charge in [0, 0.05) is 18.1 Å². The lowest BCUT2D eigenvalue weighted by atomic mass is 10.3. The van der Waals surface area contributed by atoms with Gasteiger partial charge in [-0.3, -0.25) is 0 Å². The van der Waals surface area contributed by atoms with E-state index in [2.05, 4.69) is 4.98 Å². The van der Waals surface area contributed by atoms with Gasteiger partial charge >= 0.3 is 5.97 Å². The summed E-state index contributed by atoms with van der Waals surface area (Å²) in [7, 11) is 0. The van der Waals surface area contributed by atoms with Gasteiger partial charge in [0.15, 0.2) is 5.15 Å². The molecule has 0 spiro atoms. The van der Waals surface area contributed by atoms with Gasteiger partial charge < -0.3 is 9.67 Å². The van der Waals surface area contributed by atoms with Crippen molar-refractivity contribution in [3.05, 3.63) is 29.2 Å². The lowest BCUT2D eigenvalue weighted by molar-refractivity contribution is 0.0686. The van der Waals surface area contributed by atoms with E-state index in [0.717, 1.165) is 5.39 Å². The van der Waals surface area contributed by atoms with Crippen molar-refractivity contribution in [3.8, 4) is 0 Å². The number of fused-ring (bicyclic) bond motifs is 1. The molecule has 2 aromatic heterocycles. The van der Waals surface area contributed by atoms with Crippen molar-refractivity contribution in [1.82, 2.24) is 9.55 Å². The molecule has 0 bridgehead atoms. The summed E-state index contributed by atoms with van der Waals surface area (Å²) >= 11 is 5.93. The second-order valence-corrected chi connectivity index (χ2v) is 3.48. The molecule has 0 aliphatic heterocycles. The Balaban J connectivity index is 2.86. The number of hydrogen-bond donors (Lipinski definition) is 1. The highest BCUT2D eigenvalue weighted by Crippen LogP contribution is 2.25.